The van der Waals surface area contributed by atoms with E-state index < -0.39 is 0 Å². The summed E-state index contributed by atoms with van der Waals surface area (Å²) < 4.78 is 0. The van der Waals surface area contributed by atoms with Crippen molar-refractivity contribution in [1.82, 2.24) is 14.7 Å². The summed E-state index contributed by atoms with van der Waals surface area (Å²) in [6, 6.07) is 0. The Morgan fingerprint density at radius 2 is 0.643 bits per heavy atom. The molecule has 0 spiro atoms. The summed E-state index contributed by atoms with van der Waals surface area (Å²) in [6.45, 7) is 7.19. The molecule has 0 unspecified atom stereocenters. The van der Waals surface area contributed by atoms with Gasteiger partial charge in [-0.05, 0) is 21.1 Å². The van der Waals surface area contributed by atoms with E-state index >= 15 is 0 Å². The van der Waals surface area contributed by atoms with Crippen molar-refractivity contribution in [2.45, 2.75) is 0 Å². The summed E-state index contributed by atoms with van der Waals surface area (Å²) in [5.74, 6) is 0. The Kier molecular flexibility index (Phi) is 10.5. The summed E-state index contributed by atoms with van der Waals surface area (Å²) >= 11 is 0. The minimum absolute atomic E-state index is 0. The molecule has 1 aliphatic heterocycles. The molecule has 1 aliphatic rings. The lowest BCUT2D eigenvalue weighted by Gasteiger charge is -2.18. The molecule has 0 radical (unpaired) electrons. The van der Waals surface area contributed by atoms with Gasteiger partial charge in [-0.25, -0.2) is 0 Å². The Balaban J connectivity index is 0. The molecule has 0 N–H and O–H groups in total. The quantitative estimate of drug-likeness (QED) is 0.619. The van der Waals surface area contributed by atoms with E-state index in [1.165, 1.54) is 39.3 Å². The minimum Gasteiger partial charge on any atom is -0.304 e. The van der Waals surface area contributed by atoms with Crippen molar-refractivity contribution >= 4 is 24.8 Å². The van der Waals surface area contributed by atoms with Gasteiger partial charge in [0.05, 0.1) is 0 Å². The first-order valence-electron chi connectivity index (χ1n) is 4.74. The van der Waals surface area contributed by atoms with Crippen LogP contribution in [0.5, 0.6) is 0 Å². The fourth-order valence-electron chi connectivity index (χ4n) is 1.36. The summed E-state index contributed by atoms with van der Waals surface area (Å²) in [4.78, 5) is 7.20. The largest absolute Gasteiger partial charge is 0.304 e. The maximum Gasteiger partial charge on any atom is 0.0107 e. The van der Waals surface area contributed by atoms with Crippen LogP contribution >= 0.6 is 24.8 Å². The molecule has 0 amide bonds. The first-order chi connectivity index (χ1) is 5.68. The van der Waals surface area contributed by atoms with Gasteiger partial charge in [0.2, 0.25) is 0 Å². The lowest BCUT2D eigenvalue weighted by Crippen LogP contribution is -2.31. The summed E-state index contributed by atoms with van der Waals surface area (Å²) in [6.07, 6.45) is 0. The maximum absolute atomic E-state index is 2.40. The first kappa shape index (κ1) is 16.9. The van der Waals surface area contributed by atoms with Crippen LogP contribution in [0.2, 0.25) is 0 Å². The highest BCUT2D eigenvalue weighted by molar-refractivity contribution is 5.85. The van der Waals surface area contributed by atoms with E-state index in [1.807, 2.05) is 0 Å². The highest BCUT2D eigenvalue weighted by atomic mass is 35.5. The van der Waals surface area contributed by atoms with Gasteiger partial charge in [-0.15, -0.1) is 24.8 Å². The maximum atomic E-state index is 2.40. The first-order valence-corrected chi connectivity index (χ1v) is 4.74. The molecule has 1 saturated heterocycles. The van der Waals surface area contributed by atoms with Gasteiger partial charge >= 0.3 is 0 Å². The molecular formula is C9H23Cl2N3. The van der Waals surface area contributed by atoms with Crippen molar-refractivity contribution in [2.24, 2.45) is 0 Å². The number of hydrogen-bond donors (Lipinski definition) is 0. The predicted molar refractivity (Wildman–Crippen MR) is 67.0 cm³/mol. The van der Waals surface area contributed by atoms with Crippen LogP contribution in [-0.4, -0.2) is 75.1 Å². The van der Waals surface area contributed by atoms with Crippen molar-refractivity contribution in [3.63, 3.8) is 0 Å². The molecule has 0 bridgehead atoms. The van der Waals surface area contributed by atoms with Gasteiger partial charge in [0.15, 0.2) is 0 Å². The molecule has 5 heteroatoms. The third kappa shape index (κ3) is 6.85. The molecule has 1 rings (SSSR count). The monoisotopic (exact) mass is 243 g/mol. The van der Waals surface area contributed by atoms with Crippen LogP contribution in [0.3, 0.4) is 0 Å². The van der Waals surface area contributed by atoms with E-state index in [1.54, 1.807) is 0 Å². The number of likely N-dealkylation sites (N-methyl/N-ethyl adjacent to an activating group) is 3. The lowest BCUT2D eigenvalue weighted by atomic mass is 10.5. The van der Waals surface area contributed by atoms with E-state index in [2.05, 4.69) is 35.8 Å². The van der Waals surface area contributed by atoms with Gasteiger partial charge < -0.3 is 14.7 Å². The van der Waals surface area contributed by atoms with Crippen LogP contribution in [0.4, 0.5) is 0 Å². The van der Waals surface area contributed by atoms with Crippen molar-refractivity contribution in [3.8, 4) is 0 Å². The van der Waals surface area contributed by atoms with Crippen LogP contribution in [0.1, 0.15) is 0 Å². The van der Waals surface area contributed by atoms with Crippen LogP contribution in [0.25, 0.3) is 0 Å². The van der Waals surface area contributed by atoms with E-state index in [4.69, 9.17) is 0 Å². The van der Waals surface area contributed by atoms with Gasteiger partial charge in [0, 0.05) is 39.3 Å². The Hall–Kier alpha value is 0.460. The smallest absolute Gasteiger partial charge is 0.0107 e. The zero-order chi connectivity index (χ0) is 8.97. The van der Waals surface area contributed by atoms with Crippen LogP contribution in [-0.2, 0) is 0 Å². The third-order valence-corrected chi connectivity index (χ3v) is 2.59. The topological polar surface area (TPSA) is 9.72 Å². The van der Waals surface area contributed by atoms with Crippen molar-refractivity contribution in [1.29, 1.82) is 0 Å². The molecule has 0 aromatic carbocycles. The second-order valence-electron chi connectivity index (χ2n) is 3.91. The zero-order valence-electron chi connectivity index (χ0n) is 9.40. The van der Waals surface area contributed by atoms with Crippen molar-refractivity contribution < 1.29 is 0 Å². The number of rotatable bonds is 0. The molecule has 3 nitrogen and oxygen atoms in total. The minimum atomic E-state index is 0. The Labute approximate surface area is 100 Å². The van der Waals surface area contributed by atoms with Gasteiger partial charge in [0.1, 0.15) is 0 Å². The van der Waals surface area contributed by atoms with Crippen molar-refractivity contribution in [3.05, 3.63) is 0 Å². The fourth-order valence-corrected chi connectivity index (χ4v) is 1.36. The standard InChI is InChI=1S/C9H21N3.2ClH/c1-10-4-6-11(2)8-9-12(3)7-5-10;;/h4-9H2,1-3H3;2*1H. The van der Waals surface area contributed by atoms with E-state index in [-0.39, 0.29) is 24.8 Å². The van der Waals surface area contributed by atoms with Gasteiger partial charge in [-0.1, -0.05) is 0 Å². The van der Waals surface area contributed by atoms with Gasteiger partial charge in [-0.3, -0.25) is 0 Å². The van der Waals surface area contributed by atoms with E-state index in [0.29, 0.717) is 0 Å². The second kappa shape index (κ2) is 8.74. The lowest BCUT2D eigenvalue weighted by molar-refractivity contribution is 0.277. The molecule has 88 valence electrons. The van der Waals surface area contributed by atoms with Crippen molar-refractivity contribution in [2.75, 3.05) is 60.4 Å². The van der Waals surface area contributed by atoms with E-state index in [0.717, 1.165) is 0 Å². The molecular weight excluding hydrogens is 221 g/mol. The fraction of sp³-hybridized carbons (Fsp3) is 1.00. The average Bonchev–Trinajstić information content (AvgIpc) is 2.11. The summed E-state index contributed by atoms with van der Waals surface area (Å²) in [7, 11) is 6.60. The molecule has 14 heavy (non-hydrogen) atoms. The SMILES string of the molecule is CN1CCN(C)CCN(C)CC1.Cl.Cl. The Bertz CT molecular complexity index is 99.5. The highest BCUT2D eigenvalue weighted by Gasteiger charge is 2.08. The highest BCUT2D eigenvalue weighted by Crippen LogP contribution is 1.93. The van der Waals surface area contributed by atoms with Crippen LogP contribution in [0, 0.1) is 0 Å². The Morgan fingerprint density at radius 1 is 0.500 bits per heavy atom. The second-order valence-corrected chi connectivity index (χ2v) is 3.91. The molecule has 1 fully saturated rings. The molecule has 0 atom stereocenters. The zero-order valence-corrected chi connectivity index (χ0v) is 11.0. The average molecular weight is 244 g/mol. The molecule has 0 saturated carbocycles. The third-order valence-electron chi connectivity index (χ3n) is 2.59. The van der Waals surface area contributed by atoms with E-state index in [9.17, 15) is 0 Å². The molecule has 0 aromatic rings. The van der Waals surface area contributed by atoms with Crippen LogP contribution in [0.15, 0.2) is 0 Å². The van der Waals surface area contributed by atoms with Gasteiger partial charge in [0.25, 0.3) is 0 Å². The molecule has 0 aromatic heterocycles. The summed E-state index contributed by atoms with van der Waals surface area (Å²) in [5, 5.41) is 0. The van der Waals surface area contributed by atoms with Crippen LogP contribution < -0.4 is 0 Å². The normalized spacial score (nSPS) is 22.5. The number of nitrogens with zero attached hydrogens (tertiary/aromatic N) is 3. The predicted octanol–water partition coefficient (Wildman–Crippen LogP) is 0.639. The number of hydrogen-bond acceptors (Lipinski definition) is 3. The van der Waals surface area contributed by atoms with Gasteiger partial charge in [-0.2, -0.15) is 0 Å². The summed E-state index contributed by atoms with van der Waals surface area (Å²) in [5.41, 5.74) is 0. The Morgan fingerprint density at radius 3 is 0.786 bits per heavy atom. The number of halogens is 2. The molecule has 0 aliphatic carbocycles. The molecule has 1 heterocycles.